The maximum absolute atomic E-state index is 12.5. The molecule has 2 aromatic rings. The van der Waals surface area contributed by atoms with Gasteiger partial charge in [-0.2, -0.15) is 0 Å². The summed E-state index contributed by atoms with van der Waals surface area (Å²) >= 11 is 0. The molecule has 2 aliphatic heterocycles. The molecule has 0 saturated carbocycles. The summed E-state index contributed by atoms with van der Waals surface area (Å²) in [5.74, 6) is -0.592. The molecule has 1 fully saturated rings. The van der Waals surface area contributed by atoms with Gasteiger partial charge in [0.15, 0.2) is 17.3 Å². The second-order valence-electron chi connectivity index (χ2n) is 8.80. The van der Waals surface area contributed by atoms with Gasteiger partial charge in [0.25, 0.3) is 0 Å². The smallest absolute Gasteiger partial charge is 0.493 e. The Kier molecular flexibility index (Phi) is 7.90. The first-order valence-corrected chi connectivity index (χ1v) is 11.6. The van der Waals surface area contributed by atoms with Crippen molar-refractivity contribution in [2.45, 2.75) is 37.4 Å². The lowest BCUT2D eigenvalue weighted by Crippen LogP contribution is -2.64. The molecule has 1 amide bonds. The lowest BCUT2D eigenvalue weighted by Gasteiger charge is -2.37. The number of anilines is 1. The van der Waals surface area contributed by atoms with Crippen molar-refractivity contribution in [2.75, 3.05) is 33.3 Å². The van der Waals surface area contributed by atoms with Gasteiger partial charge in [-0.15, -0.1) is 13.2 Å². The monoisotopic (exact) mass is 538 g/mol. The SMILES string of the molecule is COCC(NC1OC1C1=CC(=O)NC(C)(Nc2ccc(OC)c(OC)c2)N1)c1ccc(OC(F)(F)F)cc1. The largest absolute Gasteiger partial charge is 0.573 e. The van der Waals surface area contributed by atoms with Crippen molar-refractivity contribution < 1.29 is 41.7 Å². The minimum absolute atomic E-state index is 0.234. The Bertz CT molecular complexity index is 1180. The van der Waals surface area contributed by atoms with Crippen LogP contribution in [0.15, 0.2) is 54.2 Å². The van der Waals surface area contributed by atoms with E-state index in [1.165, 1.54) is 44.6 Å². The number of hydrogen-bond acceptors (Lipinski definition) is 9. The van der Waals surface area contributed by atoms with Gasteiger partial charge in [-0.05, 0) is 36.8 Å². The van der Waals surface area contributed by atoms with Crippen LogP contribution in [0.25, 0.3) is 0 Å². The maximum atomic E-state index is 12.5. The van der Waals surface area contributed by atoms with Crippen molar-refractivity contribution in [3.63, 3.8) is 0 Å². The fourth-order valence-electron chi connectivity index (χ4n) is 4.18. The molecule has 0 radical (unpaired) electrons. The molecule has 2 heterocycles. The highest BCUT2D eigenvalue weighted by Gasteiger charge is 2.47. The number of amides is 1. The van der Waals surface area contributed by atoms with Crippen molar-refractivity contribution in [1.82, 2.24) is 16.0 Å². The van der Waals surface area contributed by atoms with Crippen LogP contribution in [0.3, 0.4) is 0 Å². The predicted octanol–water partition coefficient (Wildman–Crippen LogP) is 2.99. The second-order valence-corrected chi connectivity index (χ2v) is 8.80. The van der Waals surface area contributed by atoms with E-state index in [1.54, 1.807) is 32.2 Å². The third kappa shape index (κ3) is 6.79. The zero-order valence-corrected chi connectivity index (χ0v) is 21.1. The van der Waals surface area contributed by atoms with Gasteiger partial charge >= 0.3 is 6.36 Å². The first-order valence-electron chi connectivity index (χ1n) is 11.6. The summed E-state index contributed by atoms with van der Waals surface area (Å²) in [6.45, 7) is 2.00. The lowest BCUT2D eigenvalue weighted by molar-refractivity contribution is -0.274. The van der Waals surface area contributed by atoms with Crippen LogP contribution in [-0.2, 0) is 14.3 Å². The molecule has 0 aliphatic carbocycles. The number of halogens is 3. The van der Waals surface area contributed by atoms with E-state index < -0.39 is 24.5 Å². The van der Waals surface area contributed by atoms with E-state index in [9.17, 15) is 18.0 Å². The number of ether oxygens (including phenoxy) is 5. The fourth-order valence-corrected chi connectivity index (χ4v) is 4.18. The molecule has 4 N–H and O–H groups in total. The number of carbonyl (C=O) groups is 1. The standard InChI is InChI=1S/C25H29F3N4O6/c1-24(30-15-7-10-19(35-3)20(11-15)36-4)31-17(12-21(33)32-24)22-23(37-22)29-18(13-34-2)14-5-8-16(9-6-14)38-25(26,27)28/h5-12,18,22-23,29-31H,13H2,1-4H3,(H,32,33). The van der Waals surface area contributed by atoms with Crippen LogP contribution >= 0.6 is 0 Å². The summed E-state index contributed by atoms with van der Waals surface area (Å²) < 4.78 is 63.0. The summed E-state index contributed by atoms with van der Waals surface area (Å²) in [5.41, 5.74) is 1.90. The number of alkyl halides is 3. The van der Waals surface area contributed by atoms with Crippen LogP contribution in [0.1, 0.15) is 18.5 Å². The normalized spacial score (nSPS) is 23.4. The van der Waals surface area contributed by atoms with Crippen LogP contribution in [0.4, 0.5) is 18.9 Å². The number of carbonyl (C=O) groups excluding carboxylic acids is 1. The van der Waals surface area contributed by atoms with E-state index in [0.717, 1.165) is 0 Å². The van der Waals surface area contributed by atoms with E-state index in [2.05, 4.69) is 26.0 Å². The summed E-state index contributed by atoms with van der Waals surface area (Å²) in [7, 11) is 4.59. The molecule has 4 unspecified atom stereocenters. The van der Waals surface area contributed by atoms with E-state index in [4.69, 9.17) is 18.9 Å². The highest BCUT2D eigenvalue weighted by molar-refractivity contribution is 5.90. The molecule has 2 aliphatic rings. The van der Waals surface area contributed by atoms with Gasteiger partial charge in [0.05, 0.1) is 32.6 Å². The Labute approximate surface area is 217 Å². The molecular weight excluding hydrogens is 509 g/mol. The van der Waals surface area contributed by atoms with Gasteiger partial charge < -0.3 is 39.6 Å². The Balaban J connectivity index is 1.41. The second kappa shape index (κ2) is 11.0. The van der Waals surface area contributed by atoms with E-state index in [1.807, 2.05) is 0 Å². The van der Waals surface area contributed by atoms with Gasteiger partial charge in [0.1, 0.15) is 18.1 Å². The van der Waals surface area contributed by atoms with E-state index >= 15 is 0 Å². The topological polar surface area (TPSA) is 115 Å². The van der Waals surface area contributed by atoms with Crippen LogP contribution < -0.4 is 35.5 Å². The average molecular weight is 539 g/mol. The number of hydrogen-bond donors (Lipinski definition) is 4. The highest BCUT2D eigenvalue weighted by Crippen LogP contribution is 2.33. The summed E-state index contributed by atoms with van der Waals surface area (Å²) in [4.78, 5) is 12.5. The van der Waals surface area contributed by atoms with Gasteiger partial charge in [-0.1, -0.05) is 12.1 Å². The lowest BCUT2D eigenvalue weighted by atomic mass is 10.1. The van der Waals surface area contributed by atoms with E-state index in [0.29, 0.717) is 28.4 Å². The molecule has 10 nitrogen and oxygen atoms in total. The quantitative estimate of drug-likeness (QED) is 0.321. The van der Waals surface area contributed by atoms with Crippen LogP contribution in [0.5, 0.6) is 17.2 Å². The molecule has 0 bridgehead atoms. The molecule has 13 heteroatoms. The molecular formula is C25H29F3N4O6. The minimum Gasteiger partial charge on any atom is -0.493 e. The molecule has 38 heavy (non-hydrogen) atoms. The summed E-state index contributed by atoms with van der Waals surface area (Å²) in [5, 5.41) is 12.6. The number of methoxy groups -OCH3 is 3. The maximum Gasteiger partial charge on any atom is 0.573 e. The van der Waals surface area contributed by atoms with Crippen molar-refractivity contribution in [3.8, 4) is 17.2 Å². The van der Waals surface area contributed by atoms with Crippen molar-refractivity contribution in [3.05, 3.63) is 59.8 Å². The summed E-state index contributed by atoms with van der Waals surface area (Å²) in [6, 6.07) is 10.4. The molecule has 0 aromatic heterocycles. The van der Waals surface area contributed by atoms with Gasteiger partial charge in [-0.3, -0.25) is 10.1 Å². The zero-order valence-electron chi connectivity index (χ0n) is 21.1. The molecule has 2 aromatic carbocycles. The van der Waals surface area contributed by atoms with Gasteiger partial charge in [-0.25, -0.2) is 0 Å². The average Bonchev–Trinajstić information content (AvgIpc) is 3.62. The van der Waals surface area contributed by atoms with Gasteiger partial charge in [0.2, 0.25) is 5.91 Å². The zero-order chi connectivity index (χ0) is 27.5. The van der Waals surface area contributed by atoms with Crippen molar-refractivity contribution in [1.29, 1.82) is 0 Å². The predicted molar refractivity (Wildman–Crippen MR) is 130 cm³/mol. The molecule has 4 atom stereocenters. The third-order valence-corrected chi connectivity index (χ3v) is 5.84. The Morgan fingerprint density at radius 1 is 1.05 bits per heavy atom. The minimum atomic E-state index is -4.77. The Morgan fingerprint density at radius 3 is 2.39 bits per heavy atom. The number of nitrogens with one attached hydrogen (secondary N) is 4. The molecule has 4 rings (SSSR count). The third-order valence-electron chi connectivity index (χ3n) is 5.84. The van der Waals surface area contributed by atoms with Crippen molar-refractivity contribution in [2.24, 2.45) is 0 Å². The Morgan fingerprint density at radius 2 is 1.76 bits per heavy atom. The van der Waals surface area contributed by atoms with Crippen LogP contribution in [-0.4, -0.2) is 58.3 Å². The fraction of sp³-hybridized carbons (Fsp3) is 0.400. The number of benzene rings is 2. The van der Waals surface area contributed by atoms with Crippen LogP contribution in [0.2, 0.25) is 0 Å². The van der Waals surface area contributed by atoms with Crippen LogP contribution in [0, 0.1) is 0 Å². The molecule has 0 spiro atoms. The number of rotatable bonds is 11. The number of epoxide rings is 1. The Hall–Kier alpha value is -3.68. The van der Waals surface area contributed by atoms with Gasteiger partial charge in [0, 0.05) is 24.9 Å². The first-order chi connectivity index (χ1) is 18.0. The summed E-state index contributed by atoms with van der Waals surface area (Å²) in [6.07, 6.45) is -4.27. The molecule has 206 valence electrons. The van der Waals surface area contributed by atoms with E-state index in [-0.39, 0.29) is 24.3 Å². The highest BCUT2D eigenvalue weighted by atomic mass is 19.4. The first kappa shape index (κ1) is 27.4. The molecule has 1 saturated heterocycles. The van der Waals surface area contributed by atoms with Crippen molar-refractivity contribution >= 4 is 11.6 Å².